The molecule has 0 aromatic heterocycles. The third-order valence-corrected chi connectivity index (χ3v) is 3.70. The normalized spacial score (nSPS) is 31.9. The molecule has 2 rings (SSSR count). The Morgan fingerprint density at radius 3 is 2.35 bits per heavy atom. The number of halogens is 3. The van der Waals surface area contributed by atoms with E-state index in [2.05, 4.69) is 0 Å². The monoisotopic (exact) mass is 250 g/mol. The summed E-state index contributed by atoms with van der Waals surface area (Å²) in [7, 11) is 0. The minimum absolute atomic E-state index is 0.0852. The van der Waals surface area contributed by atoms with Gasteiger partial charge in [-0.3, -0.25) is 0 Å². The van der Waals surface area contributed by atoms with E-state index in [0.29, 0.717) is 25.2 Å². The molecular formula is C12H17F3O2. The zero-order valence-electron chi connectivity index (χ0n) is 9.54. The second kappa shape index (κ2) is 4.88. The van der Waals surface area contributed by atoms with Crippen molar-refractivity contribution in [3.8, 4) is 0 Å². The van der Waals surface area contributed by atoms with Gasteiger partial charge in [-0.05, 0) is 37.7 Å². The Morgan fingerprint density at radius 1 is 1.24 bits per heavy atom. The molecule has 1 aliphatic heterocycles. The predicted octanol–water partition coefficient (Wildman–Crippen LogP) is 3.02. The van der Waals surface area contributed by atoms with E-state index in [1.807, 2.05) is 6.08 Å². The molecule has 17 heavy (non-hydrogen) atoms. The zero-order chi connectivity index (χ0) is 12.5. The van der Waals surface area contributed by atoms with Crippen LogP contribution < -0.4 is 0 Å². The molecule has 0 aromatic carbocycles. The standard InChI is InChI=1S/C12H17F3O2/c13-12(14,15)9-5-3-8(4-6-9)11(16)10-2-1-7-17-10/h2,8-9,11,16H,1,3-7H2. The first kappa shape index (κ1) is 12.7. The molecule has 1 saturated carbocycles. The molecule has 1 atom stereocenters. The van der Waals surface area contributed by atoms with Gasteiger partial charge in [-0.1, -0.05) is 0 Å². The van der Waals surface area contributed by atoms with Crippen molar-refractivity contribution < 1.29 is 23.0 Å². The van der Waals surface area contributed by atoms with Gasteiger partial charge in [0.1, 0.15) is 11.9 Å². The SMILES string of the molecule is OC(C1=CCCO1)C1CCC(C(F)(F)F)CC1. The minimum atomic E-state index is -4.08. The molecule has 1 N–H and O–H groups in total. The average Bonchev–Trinajstić information content (AvgIpc) is 2.80. The highest BCUT2D eigenvalue weighted by Gasteiger charge is 2.42. The third-order valence-electron chi connectivity index (χ3n) is 3.70. The molecule has 0 radical (unpaired) electrons. The van der Waals surface area contributed by atoms with E-state index >= 15 is 0 Å². The summed E-state index contributed by atoms with van der Waals surface area (Å²) in [6.45, 7) is 0.574. The average molecular weight is 250 g/mol. The molecule has 0 spiro atoms. The van der Waals surface area contributed by atoms with Crippen LogP contribution in [0.4, 0.5) is 13.2 Å². The molecule has 1 aliphatic carbocycles. The van der Waals surface area contributed by atoms with Crippen LogP contribution in [-0.2, 0) is 4.74 Å². The second-order valence-corrected chi connectivity index (χ2v) is 4.84. The maximum atomic E-state index is 12.5. The van der Waals surface area contributed by atoms with Gasteiger partial charge >= 0.3 is 6.18 Å². The van der Waals surface area contributed by atoms with Crippen molar-refractivity contribution in [2.75, 3.05) is 6.61 Å². The topological polar surface area (TPSA) is 29.5 Å². The van der Waals surface area contributed by atoms with Gasteiger partial charge < -0.3 is 9.84 Å². The van der Waals surface area contributed by atoms with Crippen molar-refractivity contribution in [2.24, 2.45) is 11.8 Å². The predicted molar refractivity (Wildman–Crippen MR) is 56.2 cm³/mol. The molecule has 0 bridgehead atoms. The highest BCUT2D eigenvalue weighted by Crippen LogP contribution is 2.41. The van der Waals surface area contributed by atoms with Crippen LogP contribution in [0.3, 0.4) is 0 Å². The van der Waals surface area contributed by atoms with Crippen molar-refractivity contribution in [2.45, 2.75) is 44.4 Å². The van der Waals surface area contributed by atoms with Crippen LogP contribution in [0.25, 0.3) is 0 Å². The third kappa shape index (κ3) is 2.94. The van der Waals surface area contributed by atoms with Crippen molar-refractivity contribution in [3.05, 3.63) is 11.8 Å². The number of hydrogen-bond acceptors (Lipinski definition) is 2. The largest absolute Gasteiger partial charge is 0.495 e. The molecule has 98 valence electrons. The van der Waals surface area contributed by atoms with E-state index in [-0.39, 0.29) is 18.8 Å². The molecule has 2 aliphatic rings. The first-order chi connectivity index (χ1) is 7.98. The highest BCUT2D eigenvalue weighted by atomic mass is 19.4. The molecule has 2 nitrogen and oxygen atoms in total. The summed E-state index contributed by atoms with van der Waals surface area (Å²) in [6.07, 6.45) is -1.09. The Bertz CT molecular complexity index is 291. The fraction of sp³-hybridized carbons (Fsp3) is 0.833. The zero-order valence-corrected chi connectivity index (χ0v) is 9.54. The van der Waals surface area contributed by atoms with Gasteiger partial charge in [0.05, 0.1) is 12.5 Å². The van der Waals surface area contributed by atoms with Crippen LogP contribution >= 0.6 is 0 Å². The van der Waals surface area contributed by atoms with Gasteiger partial charge in [0.25, 0.3) is 0 Å². The molecular weight excluding hydrogens is 233 g/mol. The quantitative estimate of drug-likeness (QED) is 0.816. The Morgan fingerprint density at radius 2 is 1.88 bits per heavy atom. The Labute approximate surface area is 98.5 Å². The van der Waals surface area contributed by atoms with Crippen LogP contribution in [0.15, 0.2) is 11.8 Å². The van der Waals surface area contributed by atoms with Crippen molar-refractivity contribution in [1.82, 2.24) is 0 Å². The summed E-state index contributed by atoms with van der Waals surface area (Å²) in [5.74, 6) is -0.720. The number of aliphatic hydroxyl groups is 1. The lowest BCUT2D eigenvalue weighted by Gasteiger charge is -2.32. The summed E-state index contributed by atoms with van der Waals surface area (Å²) in [5.41, 5.74) is 0. The summed E-state index contributed by atoms with van der Waals surface area (Å²) in [6, 6.07) is 0. The van der Waals surface area contributed by atoms with E-state index in [1.54, 1.807) is 0 Å². The van der Waals surface area contributed by atoms with E-state index in [0.717, 1.165) is 6.42 Å². The van der Waals surface area contributed by atoms with Gasteiger partial charge in [-0.25, -0.2) is 0 Å². The first-order valence-corrected chi connectivity index (χ1v) is 6.06. The second-order valence-electron chi connectivity index (χ2n) is 4.84. The van der Waals surface area contributed by atoms with Crippen LogP contribution in [0.2, 0.25) is 0 Å². The Hall–Kier alpha value is -0.710. The fourth-order valence-electron chi connectivity index (χ4n) is 2.64. The number of ether oxygens (including phenoxy) is 1. The smallest absolute Gasteiger partial charge is 0.391 e. The lowest BCUT2D eigenvalue weighted by molar-refractivity contribution is -0.185. The van der Waals surface area contributed by atoms with Gasteiger partial charge in [0.15, 0.2) is 0 Å². The number of alkyl halides is 3. The Kier molecular flexibility index (Phi) is 3.66. The molecule has 0 amide bonds. The summed E-state index contributed by atoms with van der Waals surface area (Å²) in [4.78, 5) is 0. The lowest BCUT2D eigenvalue weighted by Crippen LogP contribution is -2.32. The first-order valence-electron chi connectivity index (χ1n) is 6.06. The molecule has 1 unspecified atom stereocenters. The molecule has 0 aromatic rings. The minimum Gasteiger partial charge on any atom is -0.495 e. The van der Waals surface area contributed by atoms with E-state index in [9.17, 15) is 18.3 Å². The molecule has 1 heterocycles. The van der Waals surface area contributed by atoms with Crippen LogP contribution in [0.1, 0.15) is 32.1 Å². The summed E-state index contributed by atoms with van der Waals surface area (Å²) < 4.78 is 42.7. The van der Waals surface area contributed by atoms with E-state index in [1.165, 1.54) is 0 Å². The molecule has 0 saturated heterocycles. The van der Waals surface area contributed by atoms with Crippen LogP contribution in [-0.4, -0.2) is 24.0 Å². The maximum absolute atomic E-state index is 12.5. The van der Waals surface area contributed by atoms with Gasteiger partial charge in [0, 0.05) is 6.42 Å². The number of rotatable bonds is 2. The fourth-order valence-corrected chi connectivity index (χ4v) is 2.64. The van der Waals surface area contributed by atoms with E-state index in [4.69, 9.17) is 4.74 Å². The van der Waals surface area contributed by atoms with Gasteiger partial charge in [-0.2, -0.15) is 13.2 Å². The van der Waals surface area contributed by atoms with Gasteiger partial charge in [0.2, 0.25) is 0 Å². The maximum Gasteiger partial charge on any atom is 0.391 e. The number of hydrogen-bond donors (Lipinski definition) is 1. The lowest BCUT2D eigenvalue weighted by atomic mass is 9.78. The van der Waals surface area contributed by atoms with Crippen molar-refractivity contribution in [3.63, 3.8) is 0 Å². The summed E-state index contributed by atoms with van der Waals surface area (Å²) in [5, 5.41) is 9.99. The van der Waals surface area contributed by atoms with E-state index < -0.39 is 18.2 Å². The summed E-state index contributed by atoms with van der Waals surface area (Å²) >= 11 is 0. The molecule has 5 heteroatoms. The molecule has 1 fully saturated rings. The highest BCUT2D eigenvalue weighted by molar-refractivity contribution is 5.06. The van der Waals surface area contributed by atoms with Crippen molar-refractivity contribution in [1.29, 1.82) is 0 Å². The van der Waals surface area contributed by atoms with Crippen molar-refractivity contribution >= 4 is 0 Å². The van der Waals surface area contributed by atoms with Crippen LogP contribution in [0.5, 0.6) is 0 Å². The van der Waals surface area contributed by atoms with Gasteiger partial charge in [-0.15, -0.1) is 0 Å². The number of aliphatic hydroxyl groups excluding tert-OH is 1. The van der Waals surface area contributed by atoms with Crippen LogP contribution in [0, 0.1) is 11.8 Å². The Balaban J connectivity index is 1.86.